The standard InChI is InChI=1S/C15H15IN2O/c1-10-8-12(16)4-7-14(10)18-15(19)9-11-2-5-13(17)6-3-11/h2-8H,9,17H2,1H3,(H,18,19). The number of hydrogen-bond donors (Lipinski definition) is 2. The summed E-state index contributed by atoms with van der Waals surface area (Å²) in [6, 6.07) is 13.3. The number of nitrogen functional groups attached to an aromatic ring is 1. The Kier molecular flexibility index (Phi) is 4.42. The van der Waals surface area contributed by atoms with Crippen molar-refractivity contribution in [3.05, 3.63) is 57.2 Å². The van der Waals surface area contributed by atoms with E-state index in [1.165, 1.54) is 0 Å². The number of amides is 1. The molecule has 19 heavy (non-hydrogen) atoms. The van der Waals surface area contributed by atoms with E-state index in [0.29, 0.717) is 12.1 Å². The number of nitrogens with two attached hydrogens (primary N) is 1. The fraction of sp³-hybridized carbons (Fsp3) is 0.133. The zero-order valence-corrected chi connectivity index (χ0v) is 12.8. The highest BCUT2D eigenvalue weighted by Crippen LogP contribution is 2.18. The van der Waals surface area contributed by atoms with E-state index in [-0.39, 0.29) is 5.91 Å². The summed E-state index contributed by atoms with van der Waals surface area (Å²) in [5.74, 6) is -0.0194. The summed E-state index contributed by atoms with van der Waals surface area (Å²) in [5.41, 5.74) is 9.20. The van der Waals surface area contributed by atoms with Crippen molar-refractivity contribution in [2.75, 3.05) is 11.1 Å². The lowest BCUT2D eigenvalue weighted by molar-refractivity contribution is -0.115. The molecule has 0 fully saturated rings. The van der Waals surface area contributed by atoms with Gasteiger partial charge in [-0.2, -0.15) is 0 Å². The van der Waals surface area contributed by atoms with E-state index >= 15 is 0 Å². The van der Waals surface area contributed by atoms with Crippen molar-refractivity contribution < 1.29 is 4.79 Å². The summed E-state index contributed by atoms with van der Waals surface area (Å²) in [7, 11) is 0. The van der Waals surface area contributed by atoms with Crippen LogP contribution in [0.25, 0.3) is 0 Å². The number of anilines is 2. The molecule has 4 heteroatoms. The molecule has 2 rings (SSSR count). The number of carbonyl (C=O) groups is 1. The molecule has 0 aliphatic heterocycles. The third-order valence-corrected chi connectivity index (χ3v) is 3.48. The maximum atomic E-state index is 12.0. The van der Waals surface area contributed by atoms with Crippen LogP contribution in [0.15, 0.2) is 42.5 Å². The van der Waals surface area contributed by atoms with Crippen LogP contribution in [0, 0.1) is 10.5 Å². The van der Waals surface area contributed by atoms with E-state index in [1.807, 2.05) is 37.3 Å². The molecule has 0 aliphatic rings. The third kappa shape index (κ3) is 3.96. The largest absolute Gasteiger partial charge is 0.399 e. The zero-order valence-electron chi connectivity index (χ0n) is 10.6. The molecule has 98 valence electrons. The van der Waals surface area contributed by atoms with Crippen LogP contribution in [0.1, 0.15) is 11.1 Å². The van der Waals surface area contributed by atoms with Crippen molar-refractivity contribution >= 4 is 39.9 Å². The first-order valence-electron chi connectivity index (χ1n) is 5.95. The number of carbonyl (C=O) groups excluding carboxylic acids is 1. The highest BCUT2D eigenvalue weighted by atomic mass is 127. The first-order chi connectivity index (χ1) is 9.04. The van der Waals surface area contributed by atoms with E-state index in [4.69, 9.17) is 5.73 Å². The summed E-state index contributed by atoms with van der Waals surface area (Å²) < 4.78 is 1.16. The summed E-state index contributed by atoms with van der Waals surface area (Å²) in [6.07, 6.45) is 0.353. The van der Waals surface area contributed by atoms with Gasteiger partial charge in [0.25, 0.3) is 0 Å². The van der Waals surface area contributed by atoms with E-state index in [0.717, 1.165) is 20.4 Å². The lowest BCUT2D eigenvalue weighted by Gasteiger charge is -2.09. The van der Waals surface area contributed by atoms with Gasteiger partial charge in [0.1, 0.15) is 0 Å². The molecule has 0 spiro atoms. The molecular weight excluding hydrogens is 351 g/mol. The van der Waals surface area contributed by atoms with Gasteiger partial charge in [0.05, 0.1) is 6.42 Å². The Morgan fingerprint density at radius 3 is 2.53 bits per heavy atom. The van der Waals surface area contributed by atoms with Crippen LogP contribution in [-0.4, -0.2) is 5.91 Å². The monoisotopic (exact) mass is 366 g/mol. The Morgan fingerprint density at radius 1 is 1.21 bits per heavy atom. The molecule has 0 heterocycles. The lowest BCUT2D eigenvalue weighted by Crippen LogP contribution is -2.15. The number of nitrogens with one attached hydrogen (secondary N) is 1. The number of halogens is 1. The average Bonchev–Trinajstić information content (AvgIpc) is 2.36. The van der Waals surface area contributed by atoms with E-state index in [1.54, 1.807) is 12.1 Å². The zero-order chi connectivity index (χ0) is 13.8. The Bertz CT molecular complexity index is 594. The fourth-order valence-corrected chi connectivity index (χ4v) is 2.43. The Hall–Kier alpha value is -1.56. The normalized spacial score (nSPS) is 10.2. The van der Waals surface area contributed by atoms with Crippen LogP contribution >= 0.6 is 22.6 Å². The number of benzene rings is 2. The molecule has 0 aliphatic carbocycles. The summed E-state index contributed by atoms with van der Waals surface area (Å²) in [6.45, 7) is 1.99. The minimum Gasteiger partial charge on any atom is -0.399 e. The van der Waals surface area contributed by atoms with E-state index in [9.17, 15) is 4.79 Å². The van der Waals surface area contributed by atoms with E-state index < -0.39 is 0 Å². The molecule has 2 aromatic carbocycles. The second-order valence-electron chi connectivity index (χ2n) is 4.43. The van der Waals surface area contributed by atoms with Gasteiger partial charge in [0.15, 0.2) is 0 Å². The van der Waals surface area contributed by atoms with Gasteiger partial charge in [-0.15, -0.1) is 0 Å². The van der Waals surface area contributed by atoms with Crippen molar-refractivity contribution in [1.82, 2.24) is 0 Å². The minimum atomic E-state index is -0.0194. The first-order valence-corrected chi connectivity index (χ1v) is 7.03. The quantitative estimate of drug-likeness (QED) is 0.647. The molecule has 0 saturated heterocycles. The average molecular weight is 366 g/mol. The van der Waals surface area contributed by atoms with Crippen LogP contribution in [0.5, 0.6) is 0 Å². The molecule has 0 bridgehead atoms. The molecule has 2 aromatic rings. The topological polar surface area (TPSA) is 55.1 Å². The second kappa shape index (κ2) is 6.06. The summed E-state index contributed by atoms with van der Waals surface area (Å²) in [4.78, 5) is 12.0. The minimum absolute atomic E-state index is 0.0194. The van der Waals surface area contributed by atoms with Crippen molar-refractivity contribution in [3.8, 4) is 0 Å². The van der Waals surface area contributed by atoms with Gasteiger partial charge in [0, 0.05) is 14.9 Å². The van der Waals surface area contributed by atoms with Crippen LogP contribution in [0.3, 0.4) is 0 Å². The maximum absolute atomic E-state index is 12.0. The van der Waals surface area contributed by atoms with Crippen LogP contribution in [0.4, 0.5) is 11.4 Å². The van der Waals surface area contributed by atoms with Crippen molar-refractivity contribution in [2.24, 2.45) is 0 Å². The Morgan fingerprint density at radius 2 is 1.89 bits per heavy atom. The lowest BCUT2D eigenvalue weighted by atomic mass is 10.1. The Balaban J connectivity index is 2.03. The highest BCUT2D eigenvalue weighted by Gasteiger charge is 2.06. The summed E-state index contributed by atoms with van der Waals surface area (Å²) in [5, 5.41) is 2.93. The van der Waals surface area contributed by atoms with Gasteiger partial charge in [0.2, 0.25) is 5.91 Å². The molecule has 3 N–H and O–H groups in total. The Labute approximate surface area is 126 Å². The molecule has 3 nitrogen and oxygen atoms in total. The molecule has 0 aromatic heterocycles. The molecule has 0 atom stereocenters. The van der Waals surface area contributed by atoms with Gasteiger partial charge < -0.3 is 11.1 Å². The second-order valence-corrected chi connectivity index (χ2v) is 5.67. The van der Waals surface area contributed by atoms with E-state index in [2.05, 4.69) is 27.9 Å². The molecule has 0 radical (unpaired) electrons. The molecule has 0 unspecified atom stereocenters. The first kappa shape index (κ1) is 13.9. The maximum Gasteiger partial charge on any atom is 0.228 e. The van der Waals surface area contributed by atoms with Crippen molar-refractivity contribution in [2.45, 2.75) is 13.3 Å². The van der Waals surface area contributed by atoms with Crippen LogP contribution in [-0.2, 0) is 11.2 Å². The molecule has 0 saturated carbocycles. The van der Waals surface area contributed by atoms with Crippen molar-refractivity contribution in [3.63, 3.8) is 0 Å². The van der Waals surface area contributed by atoms with Gasteiger partial charge in [-0.25, -0.2) is 0 Å². The predicted octanol–water partition coefficient (Wildman–Crippen LogP) is 3.36. The molecule has 1 amide bonds. The number of aryl methyl sites for hydroxylation is 1. The SMILES string of the molecule is Cc1cc(I)ccc1NC(=O)Cc1ccc(N)cc1. The smallest absolute Gasteiger partial charge is 0.228 e. The number of rotatable bonds is 3. The fourth-order valence-electron chi connectivity index (χ4n) is 1.78. The number of hydrogen-bond acceptors (Lipinski definition) is 2. The predicted molar refractivity (Wildman–Crippen MR) is 87.1 cm³/mol. The third-order valence-electron chi connectivity index (χ3n) is 2.81. The van der Waals surface area contributed by atoms with Gasteiger partial charge >= 0.3 is 0 Å². The van der Waals surface area contributed by atoms with Gasteiger partial charge in [-0.1, -0.05) is 12.1 Å². The van der Waals surface area contributed by atoms with Crippen LogP contribution in [0.2, 0.25) is 0 Å². The van der Waals surface area contributed by atoms with Crippen LogP contribution < -0.4 is 11.1 Å². The van der Waals surface area contributed by atoms with Gasteiger partial charge in [-0.3, -0.25) is 4.79 Å². The molecular formula is C15H15IN2O. The van der Waals surface area contributed by atoms with Crippen molar-refractivity contribution in [1.29, 1.82) is 0 Å². The highest BCUT2D eigenvalue weighted by molar-refractivity contribution is 14.1. The summed E-state index contributed by atoms with van der Waals surface area (Å²) >= 11 is 2.25. The van der Waals surface area contributed by atoms with Gasteiger partial charge in [-0.05, 0) is 71.0 Å².